The average molecular weight is 451 g/mol. The van der Waals surface area contributed by atoms with Crippen LogP contribution < -0.4 is 15.8 Å². The largest absolute Gasteiger partial charge is 0.473 e. The Labute approximate surface area is 198 Å². The van der Waals surface area contributed by atoms with Crippen LogP contribution in [0.15, 0.2) is 61.1 Å². The highest BCUT2D eigenvalue weighted by atomic mass is 16.5. The molecule has 5 aromatic rings. The number of anilines is 2. The number of nitrogens with zero attached hydrogens (tertiary/aromatic N) is 4. The number of aromatic nitrogens is 4. The van der Waals surface area contributed by atoms with Crippen LogP contribution >= 0.6 is 0 Å². The molecule has 0 saturated carbocycles. The molecule has 3 heterocycles. The molecule has 170 valence electrons. The predicted molar refractivity (Wildman–Crippen MR) is 136 cm³/mol. The lowest BCUT2D eigenvalue weighted by atomic mass is 9.96. The molecule has 0 radical (unpaired) electrons. The molecule has 7 heteroatoms. The van der Waals surface area contributed by atoms with Gasteiger partial charge in [0.05, 0.1) is 5.52 Å². The summed E-state index contributed by atoms with van der Waals surface area (Å²) in [7, 11) is 0. The van der Waals surface area contributed by atoms with Crippen molar-refractivity contribution in [3.63, 3.8) is 0 Å². The number of hydrogen-bond acceptors (Lipinski definition) is 7. The van der Waals surface area contributed by atoms with Crippen LogP contribution in [-0.4, -0.2) is 19.9 Å². The fourth-order valence-electron chi connectivity index (χ4n) is 4.22. The number of ether oxygens (including phenoxy) is 1. The molecule has 5 rings (SSSR count). The van der Waals surface area contributed by atoms with Crippen molar-refractivity contribution in [3.05, 3.63) is 89.0 Å². The Morgan fingerprint density at radius 2 is 1.79 bits per heavy atom. The van der Waals surface area contributed by atoms with Gasteiger partial charge in [0.2, 0.25) is 5.88 Å². The van der Waals surface area contributed by atoms with E-state index in [1.54, 1.807) is 6.20 Å². The van der Waals surface area contributed by atoms with Crippen molar-refractivity contribution in [1.82, 2.24) is 19.9 Å². The van der Waals surface area contributed by atoms with Gasteiger partial charge in [0.15, 0.2) is 0 Å². The minimum atomic E-state index is 0.415. The van der Waals surface area contributed by atoms with Crippen molar-refractivity contribution in [2.24, 2.45) is 0 Å². The van der Waals surface area contributed by atoms with Crippen LogP contribution in [0, 0.1) is 20.8 Å². The van der Waals surface area contributed by atoms with Crippen LogP contribution in [0.25, 0.3) is 21.7 Å². The van der Waals surface area contributed by atoms with E-state index in [-0.39, 0.29) is 0 Å². The molecule has 34 heavy (non-hydrogen) atoms. The summed E-state index contributed by atoms with van der Waals surface area (Å²) in [5.74, 6) is 1.78. The maximum absolute atomic E-state index is 6.07. The Morgan fingerprint density at radius 1 is 0.912 bits per heavy atom. The van der Waals surface area contributed by atoms with Gasteiger partial charge in [-0.25, -0.2) is 15.0 Å². The monoisotopic (exact) mass is 450 g/mol. The number of nitrogens with one attached hydrogen (secondary N) is 1. The number of nitrogen functional groups attached to an aromatic ring is 1. The van der Waals surface area contributed by atoms with Crippen LogP contribution in [0.1, 0.15) is 27.9 Å². The molecule has 3 aromatic heterocycles. The van der Waals surface area contributed by atoms with Gasteiger partial charge in [0.25, 0.3) is 0 Å². The van der Waals surface area contributed by atoms with Crippen LogP contribution in [0.4, 0.5) is 11.6 Å². The quantitative estimate of drug-likeness (QED) is 0.363. The van der Waals surface area contributed by atoms with Crippen molar-refractivity contribution in [2.45, 2.75) is 33.9 Å². The number of nitrogens with two attached hydrogens (primary N) is 1. The van der Waals surface area contributed by atoms with Crippen LogP contribution in [-0.2, 0) is 13.2 Å². The topological polar surface area (TPSA) is 98.8 Å². The average Bonchev–Trinajstić information content (AvgIpc) is 2.83. The third kappa shape index (κ3) is 4.32. The minimum Gasteiger partial charge on any atom is -0.473 e. The normalized spacial score (nSPS) is 11.1. The molecule has 0 saturated heterocycles. The summed E-state index contributed by atoms with van der Waals surface area (Å²) in [4.78, 5) is 17.4. The second kappa shape index (κ2) is 8.94. The fraction of sp³-hybridized carbons (Fsp3) is 0.185. The Hall–Kier alpha value is -4.26. The summed E-state index contributed by atoms with van der Waals surface area (Å²) in [6, 6.07) is 16.2. The Balaban J connectivity index is 1.29. The summed E-state index contributed by atoms with van der Waals surface area (Å²) < 4.78 is 5.94. The van der Waals surface area contributed by atoms with Crippen molar-refractivity contribution < 1.29 is 4.74 Å². The van der Waals surface area contributed by atoms with E-state index in [0.717, 1.165) is 38.5 Å². The first kappa shape index (κ1) is 21.6. The van der Waals surface area contributed by atoms with E-state index in [2.05, 4.69) is 57.3 Å². The molecule has 0 spiro atoms. The molecule has 2 aromatic carbocycles. The first-order valence-corrected chi connectivity index (χ1v) is 11.2. The zero-order valence-electron chi connectivity index (χ0n) is 19.5. The molecule has 0 aliphatic heterocycles. The van der Waals surface area contributed by atoms with E-state index >= 15 is 0 Å². The molecule has 0 amide bonds. The van der Waals surface area contributed by atoms with Gasteiger partial charge in [-0.05, 0) is 78.7 Å². The molecule has 0 unspecified atom stereocenters. The van der Waals surface area contributed by atoms with Crippen LogP contribution in [0.5, 0.6) is 5.88 Å². The SMILES string of the molecule is Cc1ccc2cc(COc3cc(NCc4c(C)cc5c(N)nccc5c4C)ncn3)ccc2n1. The van der Waals surface area contributed by atoms with Crippen LogP contribution in [0.2, 0.25) is 0 Å². The van der Waals surface area contributed by atoms with Crippen molar-refractivity contribution in [3.8, 4) is 5.88 Å². The fourth-order valence-corrected chi connectivity index (χ4v) is 4.22. The van der Waals surface area contributed by atoms with E-state index in [1.165, 1.54) is 17.5 Å². The Bertz CT molecular complexity index is 1510. The van der Waals surface area contributed by atoms with Gasteiger partial charge in [0, 0.05) is 35.3 Å². The van der Waals surface area contributed by atoms with E-state index in [1.807, 2.05) is 37.3 Å². The molecule has 0 aliphatic carbocycles. The predicted octanol–water partition coefficient (Wildman–Crippen LogP) is 5.27. The van der Waals surface area contributed by atoms with Gasteiger partial charge in [0.1, 0.15) is 24.6 Å². The highest BCUT2D eigenvalue weighted by molar-refractivity contribution is 5.94. The maximum Gasteiger partial charge on any atom is 0.218 e. The molecule has 3 N–H and O–H groups in total. The van der Waals surface area contributed by atoms with Crippen molar-refractivity contribution in [1.29, 1.82) is 0 Å². The summed E-state index contributed by atoms with van der Waals surface area (Å²) in [5, 5.41) is 6.59. The molecular formula is C27H26N6O. The second-order valence-corrected chi connectivity index (χ2v) is 8.45. The zero-order chi connectivity index (χ0) is 23.7. The third-order valence-corrected chi connectivity index (χ3v) is 6.08. The number of benzene rings is 2. The first-order chi connectivity index (χ1) is 16.5. The van der Waals surface area contributed by atoms with Gasteiger partial charge in [-0.1, -0.05) is 12.1 Å². The highest BCUT2D eigenvalue weighted by Crippen LogP contribution is 2.28. The second-order valence-electron chi connectivity index (χ2n) is 8.45. The van der Waals surface area contributed by atoms with Gasteiger partial charge in [-0.15, -0.1) is 0 Å². The van der Waals surface area contributed by atoms with E-state index in [0.29, 0.717) is 30.7 Å². The number of rotatable bonds is 6. The van der Waals surface area contributed by atoms with Crippen LogP contribution in [0.3, 0.4) is 0 Å². The lowest BCUT2D eigenvalue weighted by Crippen LogP contribution is -2.07. The number of hydrogen-bond donors (Lipinski definition) is 2. The van der Waals surface area contributed by atoms with Gasteiger partial charge < -0.3 is 15.8 Å². The highest BCUT2D eigenvalue weighted by Gasteiger charge is 2.11. The zero-order valence-corrected chi connectivity index (χ0v) is 19.5. The lowest BCUT2D eigenvalue weighted by molar-refractivity contribution is 0.293. The number of fused-ring (bicyclic) bond motifs is 2. The summed E-state index contributed by atoms with van der Waals surface area (Å²) in [6.07, 6.45) is 3.26. The molecule has 0 aliphatic rings. The molecule has 0 bridgehead atoms. The van der Waals surface area contributed by atoms with E-state index in [4.69, 9.17) is 10.5 Å². The Morgan fingerprint density at radius 3 is 2.68 bits per heavy atom. The van der Waals surface area contributed by atoms with Gasteiger partial charge in [-0.2, -0.15) is 0 Å². The lowest BCUT2D eigenvalue weighted by Gasteiger charge is -2.15. The van der Waals surface area contributed by atoms with Gasteiger partial charge in [-0.3, -0.25) is 4.98 Å². The summed E-state index contributed by atoms with van der Waals surface area (Å²) >= 11 is 0. The first-order valence-electron chi connectivity index (χ1n) is 11.2. The molecular weight excluding hydrogens is 424 g/mol. The minimum absolute atomic E-state index is 0.415. The summed E-state index contributed by atoms with van der Waals surface area (Å²) in [5.41, 5.74) is 12.7. The third-order valence-electron chi connectivity index (χ3n) is 6.08. The van der Waals surface area contributed by atoms with Gasteiger partial charge >= 0.3 is 0 Å². The molecule has 0 atom stereocenters. The Kier molecular flexibility index (Phi) is 5.67. The van der Waals surface area contributed by atoms with Crippen molar-refractivity contribution >= 4 is 33.3 Å². The van der Waals surface area contributed by atoms with E-state index < -0.39 is 0 Å². The van der Waals surface area contributed by atoms with Crippen molar-refractivity contribution in [2.75, 3.05) is 11.1 Å². The number of pyridine rings is 2. The molecule has 0 fully saturated rings. The number of aryl methyl sites for hydroxylation is 3. The standard InChI is InChI=1S/C27H26N6O/c1-16-10-22-21(8-9-29-27(22)28)18(3)23(16)13-30-25-12-26(32-15-31-25)34-14-19-5-7-24-20(11-19)6-4-17(2)33-24/h4-12,15H,13-14H2,1-3H3,(H2,28,29)(H,30,31,32). The summed E-state index contributed by atoms with van der Waals surface area (Å²) in [6.45, 7) is 7.24. The maximum atomic E-state index is 6.07. The molecule has 7 nitrogen and oxygen atoms in total. The smallest absolute Gasteiger partial charge is 0.218 e. The van der Waals surface area contributed by atoms with E-state index in [9.17, 15) is 0 Å².